The highest BCUT2D eigenvalue weighted by molar-refractivity contribution is 5.95. The van der Waals surface area contributed by atoms with E-state index in [1.807, 2.05) is 24.3 Å². The number of hydrogen-bond donors (Lipinski definition) is 1. The number of hydrogen-bond acceptors (Lipinski definition) is 2. The number of rotatable bonds is 3. The first kappa shape index (κ1) is 13.9. The fraction of sp³-hybridized carbons (Fsp3) is 0.333. The summed E-state index contributed by atoms with van der Waals surface area (Å²) in [4.78, 5) is 26.3. The number of terminal acetylenes is 1. The van der Waals surface area contributed by atoms with E-state index in [4.69, 9.17) is 11.5 Å². The molecule has 5 heteroatoms. The topological polar surface area (TPSA) is 60.9 Å². The number of carboxylic acids is 1. The zero-order chi connectivity index (χ0) is 14.7. The standard InChI is InChI=1S/C15H16N2O3/c1-3-8-16(2)15(20)17-10-11(9-14(18)19)12-6-4-5-7-13(12)17/h1,4-7,11H,8-10H2,2H3,(H,18,19). The highest BCUT2D eigenvalue weighted by atomic mass is 16.4. The first-order valence-corrected chi connectivity index (χ1v) is 6.31. The maximum absolute atomic E-state index is 12.3. The number of urea groups is 1. The Morgan fingerprint density at radius 1 is 1.50 bits per heavy atom. The summed E-state index contributed by atoms with van der Waals surface area (Å²) in [5.41, 5.74) is 1.67. The lowest BCUT2D eigenvalue weighted by Gasteiger charge is -2.23. The van der Waals surface area contributed by atoms with Gasteiger partial charge in [0.25, 0.3) is 0 Å². The van der Waals surface area contributed by atoms with Gasteiger partial charge in [-0.2, -0.15) is 0 Å². The second kappa shape index (κ2) is 5.66. The minimum atomic E-state index is -0.865. The van der Waals surface area contributed by atoms with Crippen LogP contribution in [0.3, 0.4) is 0 Å². The van der Waals surface area contributed by atoms with Crippen molar-refractivity contribution in [3.8, 4) is 12.3 Å². The van der Waals surface area contributed by atoms with Gasteiger partial charge in [-0.3, -0.25) is 9.69 Å². The first-order chi connectivity index (χ1) is 9.54. The van der Waals surface area contributed by atoms with Gasteiger partial charge in [-0.05, 0) is 11.6 Å². The number of benzene rings is 1. The van der Waals surface area contributed by atoms with Crippen molar-refractivity contribution in [1.29, 1.82) is 0 Å². The molecule has 0 fully saturated rings. The van der Waals surface area contributed by atoms with E-state index >= 15 is 0 Å². The van der Waals surface area contributed by atoms with Crippen LogP contribution < -0.4 is 4.90 Å². The van der Waals surface area contributed by atoms with Crippen molar-refractivity contribution < 1.29 is 14.7 Å². The summed E-state index contributed by atoms with van der Waals surface area (Å²) in [6.07, 6.45) is 5.23. The Bertz CT molecular complexity index is 577. The lowest BCUT2D eigenvalue weighted by atomic mass is 9.98. The molecule has 0 radical (unpaired) electrons. The Balaban J connectivity index is 2.27. The van der Waals surface area contributed by atoms with Gasteiger partial charge in [-0.15, -0.1) is 6.42 Å². The number of carboxylic acid groups (broad SMARTS) is 1. The number of para-hydroxylation sites is 1. The molecule has 1 heterocycles. The Labute approximate surface area is 117 Å². The van der Waals surface area contributed by atoms with Gasteiger partial charge >= 0.3 is 12.0 Å². The van der Waals surface area contributed by atoms with Crippen molar-refractivity contribution in [2.75, 3.05) is 25.0 Å². The van der Waals surface area contributed by atoms with Crippen LogP contribution in [0, 0.1) is 12.3 Å². The lowest BCUT2D eigenvalue weighted by molar-refractivity contribution is -0.137. The highest BCUT2D eigenvalue weighted by Crippen LogP contribution is 2.38. The quantitative estimate of drug-likeness (QED) is 0.853. The normalized spacial score (nSPS) is 16.4. The summed E-state index contributed by atoms with van der Waals surface area (Å²) >= 11 is 0. The largest absolute Gasteiger partial charge is 0.481 e. The van der Waals surface area contributed by atoms with Crippen molar-refractivity contribution in [2.24, 2.45) is 0 Å². The molecule has 1 aliphatic rings. The van der Waals surface area contributed by atoms with Crippen LogP contribution in [0.2, 0.25) is 0 Å². The Morgan fingerprint density at radius 2 is 2.20 bits per heavy atom. The third kappa shape index (κ3) is 2.59. The van der Waals surface area contributed by atoms with E-state index < -0.39 is 5.97 Å². The molecule has 5 nitrogen and oxygen atoms in total. The fourth-order valence-electron chi connectivity index (χ4n) is 2.47. The van der Waals surface area contributed by atoms with Crippen molar-refractivity contribution in [1.82, 2.24) is 4.90 Å². The Hall–Kier alpha value is -2.48. The molecule has 1 unspecified atom stereocenters. The monoisotopic (exact) mass is 272 g/mol. The average Bonchev–Trinajstić information content (AvgIpc) is 2.77. The summed E-state index contributed by atoms with van der Waals surface area (Å²) in [6, 6.07) is 7.19. The van der Waals surface area contributed by atoms with E-state index in [1.54, 1.807) is 11.9 Å². The van der Waals surface area contributed by atoms with Crippen LogP contribution in [0.5, 0.6) is 0 Å². The molecule has 2 rings (SSSR count). The molecule has 1 aromatic carbocycles. The van der Waals surface area contributed by atoms with Crippen LogP contribution in [0.25, 0.3) is 0 Å². The molecule has 1 aromatic rings. The van der Waals surface area contributed by atoms with E-state index in [-0.39, 0.29) is 24.9 Å². The molecule has 1 atom stereocenters. The smallest absolute Gasteiger partial charge is 0.325 e. The number of nitrogens with zero attached hydrogens (tertiary/aromatic N) is 2. The summed E-state index contributed by atoms with van der Waals surface area (Å²) < 4.78 is 0. The Morgan fingerprint density at radius 3 is 2.85 bits per heavy atom. The predicted octanol–water partition coefficient (Wildman–Crippen LogP) is 1.75. The summed E-state index contributed by atoms with van der Waals surface area (Å²) in [7, 11) is 1.63. The maximum atomic E-state index is 12.3. The summed E-state index contributed by atoms with van der Waals surface area (Å²) in [5, 5.41) is 8.98. The zero-order valence-corrected chi connectivity index (χ0v) is 11.2. The second-order valence-electron chi connectivity index (χ2n) is 4.81. The minimum absolute atomic E-state index is 0.0135. The number of fused-ring (bicyclic) bond motifs is 1. The third-order valence-corrected chi connectivity index (χ3v) is 3.38. The first-order valence-electron chi connectivity index (χ1n) is 6.31. The molecule has 0 spiro atoms. The van der Waals surface area contributed by atoms with E-state index in [0.29, 0.717) is 6.54 Å². The number of carbonyl (C=O) groups is 2. The van der Waals surface area contributed by atoms with Gasteiger partial charge in [0.2, 0.25) is 0 Å². The maximum Gasteiger partial charge on any atom is 0.325 e. The van der Waals surface area contributed by atoms with Gasteiger partial charge in [0, 0.05) is 25.2 Å². The van der Waals surface area contributed by atoms with E-state index in [0.717, 1.165) is 11.3 Å². The Kier molecular flexibility index (Phi) is 3.94. The van der Waals surface area contributed by atoms with Crippen LogP contribution in [-0.4, -0.2) is 42.1 Å². The van der Waals surface area contributed by atoms with Gasteiger partial charge in [-0.1, -0.05) is 24.1 Å². The number of aliphatic carboxylic acids is 1. The minimum Gasteiger partial charge on any atom is -0.481 e. The average molecular weight is 272 g/mol. The molecule has 0 bridgehead atoms. The van der Waals surface area contributed by atoms with Gasteiger partial charge in [0.15, 0.2) is 0 Å². The van der Waals surface area contributed by atoms with Crippen molar-refractivity contribution >= 4 is 17.7 Å². The molecule has 104 valence electrons. The molecule has 1 aliphatic heterocycles. The highest BCUT2D eigenvalue weighted by Gasteiger charge is 2.34. The van der Waals surface area contributed by atoms with Crippen LogP contribution in [0.15, 0.2) is 24.3 Å². The molecular formula is C15H16N2O3. The molecule has 1 N–H and O–H groups in total. The van der Waals surface area contributed by atoms with E-state index in [2.05, 4.69) is 5.92 Å². The van der Waals surface area contributed by atoms with E-state index in [9.17, 15) is 9.59 Å². The molecule has 0 saturated carbocycles. The summed E-state index contributed by atoms with van der Waals surface area (Å²) in [6.45, 7) is 0.598. The molecule has 20 heavy (non-hydrogen) atoms. The van der Waals surface area contributed by atoms with E-state index in [1.165, 1.54) is 4.90 Å². The fourth-order valence-corrected chi connectivity index (χ4v) is 2.47. The van der Waals surface area contributed by atoms with Crippen molar-refractivity contribution in [3.05, 3.63) is 29.8 Å². The molecule has 0 saturated heterocycles. The van der Waals surface area contributed by atoms with Crippen molar-refractivity contribution in [3.63, 3.8) is 0 Å². The number of carbonyl (C=O) groups excluding carboxylic acids is 1. The summed E-state index contributed by atoms with van der Waals surface area (Å²) in [5.74, 6) is 1.38. The van der Waals surface area contributed by atoms with Crippen LogP contribution in [0.1, 0.15) is 17.9 Å². The van der Waals surface area contributed by atoms with Crippen LogP contribution >= 0.6 is 0 Å². The number of anilines is 1. The van der Waals surface area contributed by atoms with Gasteiger partial charge in [-0.25, -0.2) is 4.79 Å². The SMILES string of the molecule is C#CCN(C)C(=O)N1CC(CC(=O)O)c2ccccc21. The lowest BCUT2D eigenvalue weighted by Crippen LogP contribution is -2.41. The van der Waals surface area contributed by atoms with Crippen LogP contribution in [0.4, 0.5) is 10.5 Å². The molecule has 2 amide bonds. The van der Waals surface area contributed by atoms with Gasteiger partial charge < -0.3 is 10.0 Å². The molecule has 0 aliphatic carbocycles. The number of amides is 2. The molecular weight excluding hydrogens is 256 g/mol. The van der Waals surface area contributed by atoms with Gasteiger partial charge in [0.05, 0.1) is 13.0 Å². The van der Waals surface area contributed by atoms with Gasteiger partial charge in [0.1, 0.15) is 0 Å². The molecule has 0 aromatic heterocycles. The third-order valence-electron chi connectivity index (χ3n) is 3.38. The zero-order valence-electron chi connectivity index (χ0n) is 11.2. The predicted molar refractivity (Wildman–Crippen MR) is 75.6 cm³/mol. The van der Waals surface area contributed by atoms with Crippen molar-refractivity contribution in [2.45, 2.75) is 12.3 Å². The van der Waals surface area contributed by atoms with Crippen LogP contribution in [-0.2, 0) is 4.79 Å². The second-order valence-corrected chi connectivity index (χ2v) is 4.81.